The molecule has 1 aromatic carbocycles. The van der Waals surface area contributed by atoms with Crippen LogP contribution in [0, 0.1) is 5.82 Å². The zero-order chi connectivity index (χ0) is 14.6. The number of hydrogen-bond acceptors (Lipinski definition) is 5. The van der Waals surface area contributed by atoms with Gasteiger partial charge in [-0.3, -0.25) is 9.59 Å². The Bertz CT molecular complexity index is 877. The molecule has 1 aliphatic carbocycles. The van der Waals surface area contributed by atoms with E-state index in [9.17, 15) is 14.0 Å². The number of Topliss-reactive ketones (excluding diaryl/α,β-unsaturated/α-hetero) is 1. The van der Waals surface area contributed by atoms with Crippen molar-refractivity contribution in [1.82, 2.24) is 5.16 Å². The first-order valence-corrected chi connectivity index (χ1v) is 6.18. The average molecular weight is 282 g/mol. The number of carbonyl (C=O) groups is 2. The molecule has 5 nitrogen and oxygen atoms in total. The summed E-state index contributed by atoms with van der Waals surface area (Å²) >= 11 is 0. The second-order valence-electron chi connectivity index (χ2n) is 4.68. The monoisotopic (exact) mass is 282 g/mol. The molecule has 0 saturated carbocycles. The van der Waals surface area contributed by atoms with E-state index in [1.807, 2.05) is 0 Å². The average Bonchev–Trinajstić information content (AvgIpc) is 3.06. The maximum Gasteiger partial charge on any atom is 0.212 e. The predicted molar refractivity (Wildman–Crippen MR) is 71.8 cm³/mol. The van der Waals surface area contributed by atoms with Crippen molar-refractivity contribution in [3.8, 4) is 0 Å². The predicted octanol–water partition coefficient (Wildman–Crippen LogP) is 2.43. The second kappa shape index (κ2) is 3.99. The van der Waals surface area contributed by atoms with Crippen LogP contribution in [0.15, 0.2) is 40.8 Å². The number of benzene rings is 1. The van der Waals surface area contributed by atoms with E-state index in [0.29, 0.717) is 11.3 Å². The highest BCUT2D eigenvalue weighted by molar-refractivity contribution is 6.37. The van der Waals surface area contributed by atoms with E-state index in [1.54, 1.807) is 0 Å². The molecule has 102 valence electrons. The quantitative estimate of drug-likeness (QED) is 0.751. The van der Waals surface area contributed by atoms with E-state index < -0.39 is 11.6 Å². The van der Waals surface area contributed by atoms with Crippen LogP contribution in [0.25, 0.3) is 11.6 Å². The number of halogens is 1. The number of allylic oxidation sites excluding steroid dienone is 3. The van der Waals surface area contributed by atoms with Crippen molar-refractivity contribution < 1.29 is 18.5 Å². The van der Waals surface area contributed by atoms with Gasteiger partial charge in [-0.2, -0.15) is 0 Å². The highest BCUT2D eigenvalue weighted by Crippen LogP contribution is 2.36. The van der Waals surface area contributed by atoms with Gasteiger partial charge in [0.25, 0.3) is 0 Å². The molecule has 1 N–H and O–H groups in total. The molecule has 2 aliphatic rings. The number of aromatic nitrogens is 1. The molecule has 4 rings (SSSR count). The van der Waals surface area contributed by atoms with Crippen LogP contribution in [-0.2, 0) is 4.79 Å². The van der Waals surface area contributed by atoms with Gasteiger partial charge in [0.1, 0.15) is 17.8 Å². The summed E-state index contributed by atoms with van der Waals surface area (Å²) in [4.78, 5) is 24.5. The number of hydrogen-bond donors (Lipinski definition) is 1. The smallest absolute Gasteiger partial charge is 0.212 e. The normalized spacial score (nSPS) is 19.5. The molecule has 0 radical (unpaired) electrons. The first kappa shape index (κ1) is 11.8. The summed E-state index contributed by atoms with van der Waals surface area (Å²) in [6, 6.07) is 4.22. The standard InChI is InChI=1S/C15H7FN2O3/c16-9-3-1-2-7-13(9)17-14(15(7)20)12-8-6-21-18-10(8)4-5-11(12)19/h1-6,17H. The molecular formula is C15H7FN2O3. The molecule has 2 heterocycles. The largest absolute Gasteiger partial charge is 0.363 e. The Hall–Kier alpha value is -3.02. The summed E-state index contributed by atoms with van der Waals surface area (Å²) in [5.74, 6) is -1.31. The number of nitrogens with zero attached hydrogens (tertiary/aromatic N) is 1. The third-order valence-corrected chi connectivity index (χ3v) is 3.49. The lowest BCUT2D eigenvalue weighted by Crippen LogP contribution is -2.13. The molecule has 1 aliphatic heterocycles. The molecular weight excluding hydrogens is 275 g/mol. The third kappa shape index (κ3) is 1.53. The highest BCUT2D eigenvalue weighted by atomic mass is 19.1. The van der Waals surface area contributed by atoms with Crippen LogP contribution in [0.4, 0.5) is 10.1 Å². The Labute approximate surface area is 117 Å². The molecule has 21 heavy (non-hydrogen) atoms. The number of fused-ring (bicyclic) bond motifs is 2. The molecule has 0 bridgehead atoms. The van der Waals surface area contributed by atoms with E-state index in [0.717, 1.165) is 0 Å². The molecule has 0 spiro atoms. The Morgan fingerprint density at radius 1 is 1.14 bits per heavy atom. The van der Waals surface area contributed by atoms with Gasteiger partial charge in [0.05, 0.1) is 28.1 Å². The van der Waals surface area contributed by atoms with E-state index in [2.05, 4.69) is 10.5 Å². The van der Waals surface area contributed by atoms with Gasteiger partial charge in [-0.1, -0.05) is 11.2 Å². The zero-order valence-electron chi connectivity index (χ0n) is 10.5. The molecule has 1 aromatic heterocycles. The Kier molecular flexibility index (Phi) is 2.24. The maximum atomic E-state index is 13.8. The van der Waals surface area contributed by atoms with Crippen molar-refractivity contribution in [2.45, 2.75) is 0 Å². The summed E-state index contributed by atoms with van der Waals surface area (Å²) in [5, 5.41) is 6.46. The van der Waals surface area contributed by atoms with Crippen LogP contribution in [0.1, 0.15) is 21.6 Å². The molecule has 0 fully saturated rings. The minimum Gasteiger partial charge on any atom is -0.363 e. The van der Waals surface area contributed by atoms with Gasteiger partial charge in [0.2, 0.25) is 5.78 Å². The van der Waals surface area contributed by atoms with E-state index in [4.69, 9.17) is 4.52 Å². The molecule has 6 heteroatoms. The lowest BCUT2D eigenvalue weighted by molar-refractivity contribution is -0.109. The summed E-state index contributed by atoms with van der Waals surface area (Å²) in [5.41, 5.74) is 1.38. The second-order valence-corrected chi connectivity index (χ2v) is 4.68. The van der Waals surface area contributed by atoms with Crippen molar-refractivity contribution in [2.24, 2.45) is 0 Å². The number of ketones is 2. The minimum absolute atomic E-state index is 0.0499. The third-order valence-electron chi connectivity index (χ3n) is 3.49. The maximum absolute atomic E-state index is 13.8. The zero-order valence-corrected chi connectivity index (χ0v) is 10.5. The van der Waals surface area contributed by atoms with Gasteiger partial charge in [-0.05, 0) is 24.3 Å². The first-order valence-electron chi connectivity index (χ1n) is 6.18. The number of rotatable bonds is 0. The lowest BCUT2D eigenvalue weighted by atomic mass is 9.93. The summed E-state index contributed by atoms with van der Waals surface area (Å²) in [6.45, 7) is 0. The molecule has 0 saturated heterocycles. The first-order chi connectivity index (χ1) is 10.2. The number of anilines is 1. The van der Waals surface area contributed by atoms with Crippen LogP contribution in [0.3, 0.4) is 0 Å². The molecule has 0 amide bonds. The van der Waals surface area contributed by atoms with E-state index >= 15 is 0 Å². The van der Waals surface area contributed by atoms with Gasteiger partial charge in [0, 0.05) is 0 Å². The fourth-order valence-corrected chi connectivity index (χ4v) is 2.51. The van der Waals surface area contributed by atoms with Gasteiger partial charge >= 0.3 is 0 Å². The minimum atomic E-state index is -0.541. The molecule has 0 unspecified atom stereocenters. The van der Waals surface area contributed by atoms with Crippen molar-refractivity contribution >= 4 is 28.9 Å². The van der Waals surface area contributed by atoms with Crippen LogP contribution < -0.4 is 5.32 Å². The molecule has 2 aromatic rings. The summed E-state index contributed by atoms with van der Waals surface area (Å²) in [7, 11) is 0. The summed E-state index contributed by atoms with van der Waals surface area (Å²) < 4.78 is 18.6. The topological polar surface area (TPSA) is 72.2 Å². The lowest BCUT2D eigenvalue weighted by Gasteiger charge is -2.10. The fraction of sp³-hybridized carbons (Fsp3) is 0. The van der Waals surface area contributed by atoms with Gasteiger partial charge < -0.3 is 9.84 Å². The van der Waals surface area contributed by atoms with Gasteiger partial charge in [-0.25, -0.2) is 4.39 Å². The number of para-hydroxylation sites is 1. The Morgan fingerprint density at radius 3 is 2.81 bits per heavy atom. The fourth-order valence-electron chi connectivity index (χ4n) is 2.51. The van der Waals surface area contributed by atoms with Gasteiger partial charge in [-0.15, -0.1) is 0 Å². The number of nitrogens with one attached hydrogen (secondary N) is 1. The van der Waals surface area contributed by atoms with E-state index in [-0.39, 0.29) is 28.3 Å². The van der Waals surface area contributed by atoms with Crippen molar-refractivity contribution in [1.29, 1.82) is 0 Å². The summed E-state index contributed by atoms with van der Waals surface area (Å²) in [6.07, 6.45) is 4.12. The van der Waals surface area contributed by atoms with Crippen molar-refractivity contribution in [2.75, 3.05) is 5.32 Å². The van der Waals surface area contributed by atoms with Crippen molar-refractivity contribution in [3.05, 3.63) is 58.9 Å². The van der Waals surface area contributed by atoms with Crippen LogP contribution >= 0.6 is 0 Å². The van der Waals surface area contributed by atoms with Crippen molar-refractivity contribution in [3.63, 3.8) is 0 Å². The number of carbonyl (C=O) groups excluding carboxylic acids is 2. The highest BCUT2D eigenvalue weighted by Gasteiger charge is 2.34. The van der Waals surface area contributed by atoms with Crippen LogP contribution in [0.2, 0.25) is 0 Å². The van der Waals surface area contributed by atoms with Crippen LogP contribution in [-0.4, -0.2) is 16.7 Å². The SMILES string of the molecule is O=C1C=Cc2nocc2C1=C1Nc2c(F)cccc2C1=O. The van der Waals surface area contributed by atoms with Gasteiger partial charge in [0.15, 0.2) is 5.78 Å². The van der Waals surface area contributed by atoms with E-state index in [1.165, 1.54) is 36.6 Å². The Balaban J connectivity index is 1.96. The van der Waals surface area contributed by atoms with Crippen LogP contribution in [0.5, 0.6) is 0 Å². The Morgan fingerprint density at radius 2 is 2.00 bits per heavy atom. The molecule has 0 atom stereocenters.